The quantitative estimate of drug-likeness (QED) is 0.737. The molecule has 0 radical (unpaired) electrons. The van der Waals surface area contributed by atoms with E-state index in [2.05, 4.69) is 5.10 Å². The Kier molecular flexibility index (Phi) is 3.93. The number of halogens is 1. The number of nitrogens with zero attached hydrogens (tertiary/aromatic N) is 2. The van der Waals surface area contributed by atoms with Crippen molar-refractivity contribution < 1.29 is 14.3 Å². The van der Waals surface area contributed by atoms with E-state index in [-0.39, 0.29) is 11.4 Å². The van der Waals surface area contributed by atoms with Gasteiger partial charge in [0.15, 0.2) is 12.1 Å². The molecule has 0 fully saturated rings. The van der Waals surface area contributed by atoms with E-state index in [1.807, 2.05) is 32.0 Å². The summed E-state index contributed by atoms with van der Waals surface area (Å²) in [5.74, 6) is -0.771. The van der Waals surface area contributed by atoms with Crippen molar-refractivity contribution in [2.45, 2.75) is 20.8 Å². The molecule has 0 bridgehead atoms. The van der Waals surface area contributed by atoms with E-state index in [9.17, 15) is 14.3 Å². The van der Waals surface area contributed by atoms with Crippen LogP contribution in [-0.4, -0.2) is 21.2 Å². The Labute approximate surface area is 139 Å². The molecule has 1 aromatic heterocycles. The Balaban J connectivity index is 2.39. The third kappa shape index (κ3) is 2.48. The summed E-state index contributed by atoms with van der Waals surface area (Å²) < 4.78 is 15.8. The molecular weight excluding hydrogens is 307 g/mol. The average Bonchev–Trinajstić information content (AvgIpc) is 2.83. The molecule has 3 aromatic rings. The van der Waals surface area contributed by atoms with Crippen LogP contribution in [0, 0.1) is 26.6 Å². The molecule has 3 rings (SSSR count). The molecule has 0 aliphatic carbocycles. The van der Waals surface area contributed by atoms with Crippen molar-refractivity contribution >= 4 is 6.29 Å². The molecule has 0 saturated carbocycles. The number of benzene rings is 2. The Hall–Kier alpha value is -2.95. The molecule has 0 amide bonds. The van der Waals surface area contributed by atoms with Crippen molar-refractivity contribution in [3.8, 4) is 22.7 Å². The zero-order valence-corrected chi connectivity index (χ0v) is 13.7. The summed E-state index contributed by atoms with van der Waals surface area (Å²) >= 11 is 0. The minimum Gasteiger partial charge on any atom is -0.508 e. The van der Waals surface area contributed by atoms with Gasteiger partial charge in [-0.05, 0) is 44.0 Å². The summed E-state index contributed by atoms with van der Waals surface area (Å²) in [4.78, 5) is 11.6. The van der Waals surface area contributed by atoms with E-state index in [1.165, 1.54) is 16.8 Å². The smallest absolute Gasteiger partial charge is 0.154 e. The number of phenolic OH excluding ortho intramolecular Hbond substituents is 1. The van der Waals surface area contributed by atoms with Gasteiger partial charge in [0.2, 0.25) is 0 Å². The van der Waals surface area contributed by atoms with Gasteiger partial charge >= 0.3 is 0 Å². The number of hydrogen-bond acceptors (Lipinski definition) is 3. The second-order valence-electron chi connectivity index (χ2n) is 5.78. The van der Waals surface area contributed by atoms with Gasteiger partial charge in [-0.1, -0.05) is 18.2 Å². The van der Waals surface area contributed by atoms with Gasteiger partial charge in [-0.2, -0.15) is 5.10 Å². The molecule has 2 aromatic carbocycles. The lowest BCUT2D eigenvalue weighted by atomic mass is 9.97. The Morgan fingerprint density at radius 1 is 1.12 bits per heavy atom. The number of phenols is 1. The van der Waals surface area contributed by atoms with Gasteiger partial charge in [0.05, 0.1) is 17.0 Å². The molecule has 5 heteroatoms. The van der Waals surface area contributed by atoms with Gasteiger partial charge in [-0.25, -0.2) is 9.07 Å². The molecule has 0 saturated heterocycles. The number of rotatable bonds is 3. The SMILES string of the molecule is Cc1cccc(C)c1-c1c(C=O)c(C)nn1-c1ccc(O)cc1F. The van der Waals surface area contributed by atoms with E-state index in [0.717, 1.165) is 29.0 Å². The maximum absolute atomic E-state index is 14.4. The predicted octanol–water partition coefficient (Wildman–Crippen LogP) is 4.12. The summed E-state index contributed by atoms with van der Waals surface area (Å²) in [5.41, 5.74) is 4.49. The molecular formula is C19H17FN2O2. The Morgan fingerprint density at radius 3 is 2.38 bits per heavy atom. The topological polar surface area (TPSA) is 55.1 Å². The monoisotopic (exact) mass is 324 g/mol. The number of aldehydes is 1. The first-order valence-electron chi connectivity index (χ1n) is 7.54. The van der Waals surface area contributed by atoms with Crippen LogP contribution >= 0.6 is 0 Å². The van der Waals surface area contributed by atoms with E-state index >= 15 is 0 Å². The van der Waals surface area contributed by atoms with Crippen LogP contribution in [0.15, 0.2) is 36.4 Å². The first kappa shape index (κ1) is 15.9. The molecule has 0 aliphatic heterocycles. The third-order valence-electron chi connectivity index (χ3n) is 4.10. The van der Waals surface area contributed by atoms with Crippen LogP contribution in [0.2, 0.25) is 0 Å². The van der Waals surface area contributed by atoms with Crippen LogP contribution in [0.25, 0.3) is 16.9 Å². The van der Waals surface area contributed by atoms with Gasteiger partial charge in [-0.3, -0.25) is 4.79 Å². The largest absolute Gasteiger partial charge is 0.508 e. The number of carbonyl (C=O) groups is 1. The van der Waals surface area contributed by atoms with Gasteiger partial charge in [0.1, 0.15) is 11.4 Å². The van der Waals surface area contributed by atoms with Gasteiger partial charge in [-0.15, -0.1) is 0 Å². The highest BCUT2D eigenvalue weighted by molar-refractivity contribution is 5.89. The lowest BCUT2D eigenvalue weighted by molar-refractivity contribution is 0.112. The first-order valence-corrected chi connectivity index (χ1v) is 7.54. The zero-order valence-electron chi connectivity index (χ0n) is 13.7. The molecule has 0 atom stereocenters. The summed E-state index contributed by atoms with van der Waals surface area (Å²) in [7, 11) is 0. The second kappa shape index (κ2) is 5.92. The first-order chi connectivity index (χ1) is 11.4. The number of aromatic hydroxyl groups is 1. The van der Waals surface area contributed by atoms with Crippen molar-refractivity contribution in [2.24, 2.45) is 0 Å². The third-order valence-corrected chi connectivity index (χ3v) is 4.10. The highest BCUT2D eigenvalue weighted by Crippen LogP contribution is 2.34. The molecule has 1 heterocycles. The van der Waals surface area contributed by atoms with Crippen molar-refractivity contribution in [2.75, 3.05) is 0 Å². The van der Waals surface area contributed by atoms with Crippen molar-refractivity contribution in [1.29, 1.82) is 0 Å². The van der Waals surface area contributed by atoms with E-state index in [4.69, 9.17) is 0 Å². The minimum absolute atomic E-state index is 0.163. The second-order valence-corrected chi connectivity index (χ2v) is 5.78. The van der Waals surface area contributed by atoms with Crippen LogP contribution in [0.4, 0.5) is 4.39 Å². The minimum atomic E-state index is -0.609. The highest BCUT2D eigenvalue weighted by Gasteiger charge is 2.22. The van der Waals surface area contributed by atoms with Crippen LogP contribution in [-0.2, 0) is 0 Å². The summed E-state index contributed by atoms with van der Waals surface area (Å²) in [6, 6.07) is 9.69. The average molecular weight is 324 g/mol. The van der Waals surface area contributed by atoms with Gasteiger partial charge in [0, 0.05) is 11.6 Å². The highest BCUT2D eigenvalue weighted by atomic mass is 19.1. The standard InChI is InChI=1S/C19H17FN2O2/c1-11-5-4-6-12(2)18(11)19-15(10-23)13(3)21-22(19)17-8-7-14(24)9-16(17)20/h4-10,24H,1-3H3. The maximum Gasteiger partial charge on any atom is 0.154 e. The van der Waals surface area contributed by atoms with E-state index in [1.54, 1.807) is 6.92 Å². The van der Waals surface area contributed by atoms with E-state index in [0.29, 0.717) is 17.0 Å². The fourth-order valence-electron chi connectivity index (χ4n) is 2.95. The summed E-state index contributed by atoms with van der Waals surface area (Å²) in [5, 5.41) is 13.8. The summed E-state index contributed by atoms with van der Waals surface area (Å²) in [6.45, 7) is 5.60. The van der Waals surface area contributed by atoms with Crippen LogP contribution in [0.3, 0.4) is 0 Å². The lowest BCUT2D eigenvalue weighted by Crippen LogP contribution is -2.04. The number of carbonyl (C=O) groups excluding carboxylic acids is 1. The van der Waals surface area contributed by atoms with Crippen molar-refractivity contribution in [1.82, 2.24) is 9.78 Å². The normalized spacial score (nSPS) is 10.8. The maximum atomic E-state index is 14.4. The molecule has 0 aliphatic rings. The Bertz CT molecular complexity index is 925. The zero-order chi connectivity index (χ0) is 17.4. The number of aromatic nitrogens is 2. The predicted molar refractivity (Wildman–Crippen MR) is 90.2 cm³/mol. The van der Waals surface area contributed by atoms with Crippen molar-refractivity contribution in [3.05, 3.63) is 64.6 Å². The van der Waals surface area contributed by atoms with Gasteiger partial charge in [0.25, 0.3) is 0 Å². The molecule has 0 unspecified atom stereocenters. The molecule has 0 spiro atoms. The van der Waals surface area contributed by atoms with Crippen LogP contribution in [0.1, 0.15) is 27.2 Å². The molecule has 122 valence electrons. The number of hydrogen-bond donors (Lipinski definition) is 1. The van der Waals surface area contributed by atoms with E-state index < -0.39 is 5.82 Å². The van der Waals surface area contributed by atoms with Crippen LogP contribution in [0.5, 0.6) is 5.75 Å². The molecule has 24 heavy (non-hydrogen) atoms. The fourth-order valence-corrected chi connectivity index (χ4v) is 2.95. The van der Waals surface area contributed by atoms with Gasteiger partial charge < -0.3 is 5.11 Å². The summed E-state index contributed by atoms with van der Waals surface area (Å²) in [6.07, 6.45) is 0.748. The lowest BCUT2D eigenvalue weighted by Gasteiger charge is -2.14. The van der Waals surface area contributed by atoms with Crippen molar-refractivity contribution in [3.63, 3.8) is 0 Å². The van der Waals surface area contributed by atoms with Crippen LogP contribution < -0.4 is 0 Å². The fraction of sp³-hybridized carbons (Fsp3) is 0.158. The Morgan fingerprint density at radius 2 is 1.79 bits per heavy atom. The number of aryl methyl sites for hydroxylation is 3. The molecule has 4 nitrogen and oxygen atoms in total. The molecule has 1 N–H and O–H groups in total.